The van der Waals surface area contributed by atoms with Gasteiger partial charge in [-0.25, -0.2) is 4.21 Å². The van der Waals surface area contributed by atoms with Crippen molar-refractivity contribution in [3.63, 3.8) is 0 Å². The molecule has 0 radical (unpaired) electrons. The topological polar surface area (TPSA) is 50.5 Å². The first-order valence-electron chi connectivity index (χ1n) is 7.34. The lowest BCUT2D eigenvalue weighted by Gasteiger charge is -2.34. The third-order valence-electron chi connectivity index (χ3n) is 3.31. The zero-order chi connectivity index (χ0) is 16.9. The molecule has 4 nitrogen and oxygen atoms in total. The van der Waals surface area contributed by atoms with Gasteiger partial charge >= 0.3 is 0 Å². The van der Waals surface area contributed by atoms with Crippen molar-refractivity contribution in [3.8, 4) is 0 Å². The van der Waals surface area contributed by atoms with Gasteiger partial charge in [-0.2, -0.15) is 0 Å². The molecule has 2 aromatic rings. The lowest BCUT2D eigenvalue weighted by Crippen LogP contribution is -2.44. The predicted octanol–water partition coefficient (Wildman–Crippen LogP) is 3.73. The molecule has 1 aromatic carbocycles. The second-order valence-corrected chi connectivity index (χ2v) is 7.48. The van der Waals surface area contributed by atoms with Gasteiger partial charge in [0.05, 0.1) is 23.3 Å². The molecule has 0 bridgehead atoms. The Balaban J connectivity index is 2.11. The van der Waals surface area contributed by atoms with Gasteiger partial charge in [0.2, 0.25) is 5.91 Å². The van der Waals surface area contributed by atoms with Gasteiger partial charge in [-0.05, 0) is 39.0 Å². The third kappa shape index (κ3) is 4.93. The molecule has 122 valence electrons. The van der Waals surface area contributed by atoms with Gasteiger partial charge in [0.15, 0.2) is 0 Å². The van der Waals surface area contributed by atoms with Crippen LogP contribution in [0.15, 0.2) is 69.7 Å². The number of hydrogen-bond acceptors (Lipinski definition) is 3. The van der Waals surface area contributed by atoms with E-state index in [1.807, 2.05) is 45.0 Å². The Bertz CT molecular complexity index is 685. The Labute approximate surface area is 139 Å². The van der Waals surface area contributed by atoms with Crippen LogP contribution >= 0.6 is 0 Å². The van der Waals surface area contributed by atoms with Crippen LogP contribution in [0.4, 0.5) is 0 Å². The summed E-state index contributed by atoms with van der Waals surface area (Å²) in [6, 6.07) is 10.9. The van der Waals surface area contributed by atoms with Gasteiger partial charge in [0.1, 0.15) is 0 Å². The number of nitrogens with zero attached hydrogens (tertiary/aromatic N) is 1. The molecule has 5 heteroatoms. The average Bonchev–Trinajstić information content (AvgIpc) is 3.03. The summed E-state index contributed by atoms with van der Waals surface area (Å²) < 4.78 is 17.2. The second kappa shape index (κ2) is 7.42. The molecular weight excluding hydrogens is 310 g/mol. The van der Waals surface area contributed by atoms with Crippen LogP contribution in [0.2, 0.25) is 0 Å². The van der Waals surface area contributed by atoms with Crippen LogP contribution in [0.3, 0.4) is 0 Å². The maximum Gasteiger partial charge on any atom is 0.247 e. The highest BCUT2D eigenvalue weighted by Gasteiger charge is 2.25. The minimum absolute atomic E-state index is 0.178. The summed E-state index contributed by atoms with van der Waals surface area (Å²) in [4.78, 5) is 14.9. The van der Waals surface area contributed by atoms with Crippen molar-refractivity contribution >= 4 is 16.7 Å². The first-order valence-corrected chi connectivity index (χ1v) is 8.56. The van der Waals surface area contributed by atoms with Gasteiger partial charge in [-0.1, -0.05) is 18.2 Å². The molecule has 0 saturated carbocycles. The van der Waals surface area contributed by atoms with Crippen LogP contribution in [0.25, 0.3) is 0 Å². The Kier molecular flexibility index (Phi) is 5.55. The van der Waals surface area contributed by atoms with Gasteiger partial charge in [0.25, 0.3) is 0 Å². The number of amides is 1. The maximum atomic E-state index is 12.5. The fraction of sp³-hybridized carbons (Fsp3) is 0.278. The summed E-state index contributed by atoms with van der Waals surface area (Å²) >= 11 is 0. The Hall–Kier alpha value is -2.14. The maximum absolute atomic E-state index is 12.5. The normalized spacial score (nSPS) is 13.2. The predicted molar refractivity (Wildman–Crippen MR) is 91.0 cm³/mol. The van der Waals surface area contributed by atoms with Crippen molar-refractivity contribution in [1.82, 2.24) is 4.90 Å². The van der Waals surface area contributed by atoms with Gasteiger partial charge in [-0.15, -0.1) is 0 Å². The molecule has 1 aromatic heterocycles. The SMILES string of the molecule is CC(C)(C)N(Cc1ccoc1)C(=O)C=CS(=O)c1ccccc1. The van der Waals surface area contributed by atoms with Crippen LogP contribution in [0.5, 0.6) is 0 Å². The standard InChI is InChI=1S/C18H21NO3S/c1-18(2,3)19(13-15-9-11-22-14-15)17(20)10-12-23(21)16-7-5-4-6-8-16/h4-12,14H,13H2,1-3H3. The van der Waals surface area contributed by atoms with Crippen LogP contribution in [0, 0.1) is 0 Å². The minimum atomic E-state index is -1.33. The summed E-state index contributed by atoms with van der Waals surface area (Å²) in [5.41, 5.74) is 0.568. The van der Waals surface area contributed by atoms with E-state index in [4.69, 9.17) is 4.42 Å². The van der Waals surface area contributed by atoms with Crippen LogP contribution in [-0.2, 0) is 22.1 Å². The summed E-state index contributed by atoms with van der Waals surface area (Å²) in [6.07, 6.45) is 4.59. The summed E-state index contributed by atoms with van der Waals surface area (Å²) in [7, 11) is -1.33. The minimum Gasteiger partial charge on any atom is -0.472 e. The van der Waals surface area contributed by atoms with Crippen molar-refractivity contribution in [2.24, 2.45) is 0 Å². The number of furan rings is 1. The van der Waals surface area contributed by atoms with E-state index in [1.54, 1.807) is 29.6 Å². The zero-order valence-electron chi connectivity index (χ0n) is 13.6. The number of benzene rings is 1. The molecule has 2 rings (SSSR count). The average molecular weight is 331 g/mol. The monoisotopic (exact) mass is 331 g/mol. The third-order valence-corrected chi connectivity index (χ3v) is 4.43. The first-order chi connectivity index (χ1) is 10.9. The zero-order valence-corrected chi connectivity index (χ0v) is 14.4. The van der Waals surface area contributed by atoms with Crippen molar-refractivity contribution in [2.45, 2.75) is 37.8 Å². The number of rotatable bonds is 5. The molecule has 0 saturated heterocycles. The summed E-state index contributed by atoms with van der Waals surface area (Å²) in [5.74, 6) is -0.178. The molecule has 0 aliphatic heterocycles. The van der Waals surface area contributed by atoms with Gasteiger partial charge in [0, 0.05) is 34.0 Å². The highest BCUT2D eigenvalue weighted by Crippen LogP contribution is 2.18. The van der Waals surface area contributed by atoms with Crippen molar-refractivity contribution in [1.29, 1.82) is 0 Å². The molecular formula is C18H21NO3S. The molecule has 1 heterocycles. The molecule has 0 N–H and O–H groups in total. The quantitative estimate of drug-likeness (QED) is 0.785. The number of carbonyl (C=O) groups is 1. The summed E-state index contributed by atoms with van der Waals surface area (Å²) in [6.45, 7) is 6.34. The molecule has 1 amide bonds. The van der Waals surface area contributed by atoms with E-state index in [2.05, 4.69) is 0 Å². The first kappa shape index (κ1) is 17.2. The van der Waals surface area contributed by atoms with E-state index in [9.17, 15) is 9.00 Å². The molecule has 0 spiro atoms. The van der Waals surface area contributed by atoms with Crippen molar-refractivity contribution in [3.05, 3.63) is 66.0 Å². The molecule has 23 heavy (non-hydrogen) atoms. The lowest BCUT2D eigenvalue weighted by atomic mass is 10.0. The number of carbonyl (C=O) groups excluding carboxylic acids is 1. The van der Waals surface area contributed by atoms with E-state index in [0.29, 0.717) is 11.4 Å². The number of hydrogen-bond donors (Lipinski definition) is 0. The van der Waals surface area contributed by atoms with E-state index >= 15 is 0 Å². The fourth-order valence-corrected chi connectivity index (χ4v) is 2.88. The van der Waals surface area contributed by atoms with E-state index in [-0.39, 0.29) is 11.4 Å². The molecule has 0 aliphatic carbocycles. The summed E-state index contributed by atoms with van der Waals surface area (Å²) in [5, 5.41) is 1.44. The fourth-order valence-electron chi connectivity index (χ4n) is 2.05. The molecule has 0 fully saturated rings. The highest BCUT2D eigenvalue weighted by atomic mass is 32.2. The second-order valence-electron chi connectivity index (χ2n) is 6.14. The molecule has 0 aliphatic rings. The van der Waals surface area contributed by atoms with Crippen molar-refractivity contribution in [2.75, 3.05) is 0 Å². The smallest absolute Gasteiger partial charge is 0.247 e. The lowest BCUT2D eigenvalue weighted by molar-refractivity contribution is -0.131. The largest absolute Gasteiger partial charge is 0.472 e. The van der Waals surface area contributed by atoms with E-state index < -0.39 is 10.8 Å². The Morgan fingerprint density at radius 2 is 1.91 bits per heavy atom. The molecule has 1 atom stereocenters. The van der Waals surface area contributed by atoms with Gasteiger partial charge in [-0.3, -0.25) is 4.79 Å². The van der Waals surface area contributed by atoms with Crippen LogP contribution in [-0.4, -0.2) is 20.6 Å². The van der Waals surface area contributed by atoms with E-state index in [1.165, 1.54) is 11.5 Å². The Morgan fingerprint density at radius 1 is 1.22 bits per heavy atom. The van der Waals surface area contributed by atoms with Gasteiger partial charge < -0.3 is 9.32 Å². The van der Waals surface area contributed by atoms with Crippen LogP contribution < -0.4 is 0 Å². The van der Waals surface area contributed by atoms with Crippen LogP contribution in [0.1, 0.15) is 26.3 Å². The highest BCUT2D eigenvalue weighted by molar-refractivity contribution is 7.88. The molecule has 1 unspecified atom stereocenters. The van der Waals surface area contributed by atoms with Crippen molar-refractivity contribution < 1.29 is 13.4 Å². The Morgan fingerprint density at radius 3 is 2.48 bits per heavy atom. The van der Waals surface area contributed by atoms with E-state index in [0.717, 1.165) is 5.56 Å².